The maximum Gasteiger partial charge on any atom is 0.0948 e. The van der Waals surface area contributed by atoms with Crippen molar-refractivity contribution in [3.63, 3.8) is 0 Å². The van der Waals surface area contributed by atoms with Gasteiger partial charge < -0.3 is 9.88 Å². The molecular formula is C12H19N5. The number of hydrogen-bond donors (Lipinski definition) is 1. The zero-order valence-corrected chi connectivity index (χ0v) is 10.4. The van der Waals surface area contributed by atoms with Crippen molar-refractivity contribution < 1.29 is 0 Å². The van der Waals surface area contributed by atoms with Crippen LogP contribution in [0.25, 0.3) is 0 Å². The molecule has 0 atom stereocenters. The molecule has 0 spiro atoms. The predicted octanol–water partition coefficient (Wildman–Crippen LogP) is 1.20. The highest BCUT2D eigenvalue weighted by molar-refractivity contribution is 4.99. The van der Waals surface area contributed by atoms with Crippen LogP contribution in [-0.4, -0.2) is 25.9 Å². The molecule has 2 heterocycles. The summed E-state index contributed by atoms with van der Waals surface area (Å²) in [6.45, 7) is 7.81. The van der Waals surface area contributed by atoms with Gasteiger partial charge in [0, 0.05) is 32.0 Å². The monoisotopic (exact) mass is 233 g/mol. The predicted molar refractivity (Wildman–Crippen MR) is 66.6 cm³/mol. The van der Waals surface area contributed by atoms with Gasteiger partial charge >= 0.3 is 0 Å². The van der Waals surface area contributed by atoms with Crippen LogP contribution in [0.3, 0.4) is 0 Å². The van der Waals surface area contributed by atoms with Gasteiger partial charge in [0.1, 0.15) is 0 Å². The summed E-state index contributed by atoms with van der Waals surface area (Å²) in [6.07, 6.45) is 7.71. The van der Waals surface area contributed by atoms with E-state index in [1.807, 2.05) is 23.4 Å². The molecule has 0 fully saturated rings. The van der Waals surface area contributed by atoms with Gasteiger partial charge in [-0.25, -0.2) is 4.98 Å². The van der Waals surface area contributed by atoms with E-state index >= 15 is 0 Å². The minimum absolute atomic E-state index is 0.855. The van der Waals surface area contributed by atoms with Gasteiger partial charge in [0.15, 0.2) is 0 Å². The first kappa shape index (κ1) is 11.9. The molecule has 2 aromatic heterocycles. The summed E-state index contributed by atoms with van der Waals surface area (Å²) >= 11 is 0. The number of aryl methyl sites for hydroxylation is 2. The fourth-order valence-corrected chi connectivity index (χ4v) is 1.78. The molecule has 5 nitrogen and oxygen atoms in total. The molecule has 0 saturated carbocycles. The molecule has 1 N–H and O–H groups in total. The van der Waals surface area contributed by atoms with Crippen molar-refractivity contribution >= 4 is 0 Å². The van der Waals surface area contributed by atoms with Gasteiger partial charge in [0.05, 0.1) is 24.8 Å². The third kappa shape index (κ3) is 3.17. The second kappa shape index (κ2) is 5.63. The largest absolute Gasteiger partial charge is 0.334 e. The van der Waals surface area contributed by atoms with E-state index in [-0.39, 0.29) is 0 Å². The van der Waals surface area contributed by atoms with Gasteiger partial charge in [0.25, 0.3) is 0 Å². The average Bonchev–Trinajstić information content (AvgIpc) is 2.93. The van der Waals surface area contributed by atoms with Crippen molar-refractivity contribution in [1.29, 1.82) is 0 Å². The first-order chi connectivity index (χ1) is 8.29. The number of hydrogen-bond acceptors (Lipinski definition) is 3. The number of rotatable bonds is 6. The molecule has 0 aromatic carbocycles. The molecule has 0 bridgehead atoms. The van der Waals surface area contributed by atoms with Crippen molar-refractivity contribution in [2.24, 2.45) is 0 Å². The van der Waals surface area contributed by atoms with Crippen LogP contribution < -0.4 is 5.32 Å². The molecule has 17 heavy (non-hydrogen) atoms. The van der Waals surface area contributed by atoms with Crippen LogP contribution in [0.5, 0.6) is 0 Å². The van der Waals surface area contributed by atoms with Gasteiger partial charge in [-0.15, -0.1) is 0 Å². The minimum atomic E-state index is 0.855. The molecule has 0 amide bonds. The van der Waals surface area contributed by atoms with Gasteiger partial charge in [-0.3, -0.25) is 4.68 Å². The van der Waals surface area contributed by atoms with Crippen LogP contribution in [0.4, 0.5) is 0 Å². The minimum Gasteiger partial charge on any atom is -0.334 e. The Bertz CT molecular complexity index is 457. The lowest BCUT2D eigenvalue weighted by molar-refractivity contribution is 0.542. The Morgan fingerprint density at radius 2 is 2.24 bits per heavy atom. The third-order valence-electron chi connectivity index (χ3n) is 2.73. The van der Waals surface area contributed by atoms with E-state index < -0.39 is 0 Å². The summed E-state index contributed by atoms with van der Waals surface area (Å²) in [5.41, 5.74) is 2.43. The van der Waals surface area contributed by atoms with Crippen molar-refractivity contribution in [2.45, 2.75) is 33.5 Å². The van der Waals surface area contributed by atoms with Gasteiger partial charge in [-0.2, -0.15) is 5.10 Å². The van der Waals surface area contributed by atoms with Crippen molar-refractivity contribution in [3.8, 4) is 0 Å². The lowest BCUT2D eigenvalue weighted by Crippen LogP contribution is -2.21. The zero-order chi connectivity index (χ0) is 12.1. The Balaban J connectivity index is 1.73. The van der Waals surface area contributed by atoms with E-state index in [0.717, 1.165) is 26.2 Å². The number of aromatic nitrogens is 4. The molecule has 2 rings (SSSR count). The molecule has 5 heteroatoms. The summed E-state index contributed by atoms with van der Waals surface area (Å²) in [5.74, 6) is 0. The lowest BCUT2D eigenvalue weighted by Gasteiger charge is -2.07. The van der Waals surface area contributed by atoms with E-state index in [9.17, 15) is 0 Å². The summed E-state index contributed by atoms with van der Waals surface area (Å²) in [4.78, 5) is 4.14. The standard InChI is InChI=1S/C12H19N5/c1-3-16-10-14-8-12(16)7-13-4-5-17-9-11(2)6-15-17/h6,8-10,13H,3-5,7H2,1-2H3. The molecule has 0 saturated heterocycles. The molecule has 0 aliphatic carbocycles. The van der Waals surface area contributed by atoms with Gasteiger partial charge in [-0.05, 0) is 19.4 Å². The number of nitrogens with zero attached hydrogens (tertiary/aromatic N) is 4. The molecule has 0 aliphatic heterocycles. The highest BCUT2D eigenvalue weighted by Gasteiger charge is 1.99. The maximum atomic E-state index is 4.24. The van der Waals surface area contributed by atoms with Crippen LogP contribution in [0, 0.1) is 6.92 Å². The smallest absolute Gasteiger partial charge is 0.0948 e. The van der Waals surface area contributed by atoms with Crippen LogP contribution in [0.15, 0.2) is 24.9 Å². The second-order valence-corrected chi connectivity index (χ2v) is 4.13. The Morgan fingerprint density at radius 1 is 1.35 bits per heavy atom. The van der Waals surface area contributed by atoms with Crippen LogP contribution in [-0.2, 0) is 19.6 Å². The van der Waals surface area contributed by atoms with E-state index in [1.54, 1.807) is 0 Å². The Kier molecular flexibility index (Phi) is 3.93. The van der Waals surface area contributed by atoms with E-state index in [4.69, 9.17) is 0 Å². The van der Waals surface area contributed by atoms with Crippen molar-refractivity contribution in [1.82, 2.24) is 24.6 Å². The summed E-state index contributed by atoms with van der Waals surface area (Å²) in [6, 6.07) is 0. The molecular weight excluding hydrogens is 214 g/mol. The zero-order valence-electron chi connectivity index (χ0n) is 10.4. The van der Waals surface area contributed by atoms with Gasteiger partial charge in [-0.1, -0.05) is 0 Å². The normalized spacial score (nSPS) is 10.9. The van der Waals surface area contributed by atoms with Crippen molar-refractivity contribution in [3.05, 3.63) is 36.2 Å². The fraction of sp³-hybridized carbons (Fsp3) is 0.500. The molecule has 2 aromatic rings. The summed E-state index contributed by atoms with van der Waals surface area (Å²) < 4.78 is 4.10. The van der Waals surface area contributed by atoms with Gasteiger partial charge in [0.2, 0.25) is 0 Å². The molecule has 92 valence electrons. The fourth-order valence-electron chi connectivity index (χ4n) is 1.78. The van der Waals surface area contributed by atoms with Crippen molar-refractivity contribution in [2.75, 3.05) is 6.54 Å². The quantitative estimate of drug-likeness (QED) is 0.763. The lowest BCUT2D eigenvalue weighted by atomic mass is 10.4. The second-order valence-electron chi connectivity index (χ2n) is 4.13. The Morgan fingerprint density at radius 3 is 2.94 bits per heavy atom. The van der Waals surface area contributed by atoms with Crippen LogP contribution in [0.2, 0.25) is 0 Å². The average molecular weight is 233 g/mol. The molecule has 0 unspecified atom stereocenters. The van der Waals surface area contributed by atoms with Crippen LogP contribution in [0.1, 0.15) is 18.2 Å². The van der Waals surface area contributed by atoms with Crippen LogP contribution >= 0.6 is 0 Å². The first-order valence-electron chi connectivity index (χ1n) is 5.98. The third-order valence-corrected chi connectivity index (χ3v) is 2.73. The Labute approximate surface area is 101 Å². The van der Waals surface area contributed by atoms with E-state index in [2.05, 4.69) is 40.0 Å². The maximum absolute atomic E-state index is 4.24. The topological polar surface area (TPSA) is 47.7 Å². The van der Waals surface area contributed by atoms with E-state index in [1.165, 1.54) is 11.3 Å². The number of nitrogens with one attached hydrogen (secondary N) is 1. The first-order valence-corrected chi connectivity index (χ1v) is 5.98. The summed E-state index contributed by atoms with van der Waals surface area (Å²) in [5, 5.41) is 7.64. The molecule has 0 aliphatic rings. The SMILES string of the molecule is CCn1cncc1CNCCn1cc(C)cn1. The highest BCUT2D eigenvalue weighted by atomic mass is 15.3. The summed E-state index contributed by atoms with van der Waals surface area (Å²) in [7, 11) is 0. The molecule has 0 radical (unpaired) electrons. The number of imidazole rings is 1. The Hall–Kier alpha value is -1.62. The van der Waals surface area contributed by atoms with E-state index in [0.29, 0.717) is 0 Å². The highest BCUT2D eigenvalue weighted by Crippen LogP contribution is 1.98.